The maximum Gasteiger partial charge on any atom is 0.250 e. The molecular weight excluding hydrogens is 268 g/mol. The maximum atomic E-state index is 12.2. The van der Waals surface area contributed by atoms with Crippen molar-refractivity contribution in [3.05, 3.63) is 23.2 Å². The van der Waals surface area contributed by atoms with Crippen LogP contribution in [-0.2, 0) is 9.59 Å². The van der Waals surface area contributed by atoms with Gasteiger partial charge in [-0.2, -0.15) is 0 Å². The van der Waals surface area contributed by atoms with Gasteiger partial charge in [-0.15, -0.1) is 0 Å². The zero-order chi connectivity index (χ0) is 14.0. The summed E-state index contributed by atoms with van der Waals surface area (Å²) in [7, 11) is 1.52. The molecular formula is C13H15ClN2O3. The van der Waals surface area contributed by atoms with Crippen LogP contribution in [0.15, 0.2) is 18.2 Å². The number of carbonyl (C=O) groups is 2. The largest absolute Gasteiger partial charge is 0.495 e. The van der Waals surface area contributed by atoms with Crippen molar-refractivity contribution in [1.29, 1.82) is 0 Å². The van der Waals surface area contributed by atoms with Crippen LogP contribution in [0.3, 0.4) is 0 Å². The first-order valence-corrected chi connectivity index (χ1v) is 6.39. The van der Waals surface area contributed by atoms with Crippen LogP contribution in [-0.4, -0.2) is 31.5 Å². The number of ether oxygens (including phenoxy) is 1. The first kappa shape index (κ1) is 13.7. The van der Waals surface area contributed by atoms with E-state index in [1.54, 1.807) is 18.2 Å². The van der Waals surface area contributed by atoms with Gasteiger partial charge in [0.15, 0.2) is 0 Å². The van der Waals surface area contributed by atoms with E-state index in [1.807, 2.05) is 6.92 Å². The van der Waals surface area contributed by atoms with Crippen LogP contribution in [0, 0.1) is 0 Å². The van der Waals surface area contributed by atoms with E-state index in [1.165, 1.54) is 12.0 Å². The van der Waals surface area contributed by atoms with Crippen molar-refractivity contribution in [2.24, 2.45) is 0 Å². The minimum atomic E-state index is -0.470. The Hall–Kier alpha value is -1.75. The van der Waals surface area contributed by atoms with Gasteiger partial charge in [-0.25, -0.2) is 0 Å². The minimum Gasteiger partial charge on any atom is -0.495 e. The molecule has 1 fully saturated rings. The molecule has 19 heavy (non-hydrogen) atoms. The number of amides is 2. The van der Waals surface area contributed by atoms with Gasteiger partial charge in [-0.3, -0.25) is 9.59 Å². The van der Waals surface area contributed by atoms with E-state index in [4.69, 9.17) is 16.3 Å². The van der Waals surface area contributed by atoms with E-state index in [9.17, 15) is 9.59 Å². The summed E-state index contributed by atoms with van der Waals surface area (Å²) in [6, 6.07) is 4.55. The Morgan fingerprint density at radius 2 is 2.21 bits per heavy atom. The monoisotopic (exact) mass is 282 g/mol. The summed E-state index contributed by atoms with van der Waals surface area (Å²) < 4.78 is 5.06. The molecule has 2 amide bonds. The van der Waals surface area contributed by atoms with Crippen molar-refractivity contribution in [2.45, 2.75) is 19.4 Å². The topological polar surface area (TPSA) is 58.6 Å². The molecule has 0 spiro atoms. The molecule has 0 saturated carbocycles. The van der Waals surface area contributed by atoms with Crippen molar-refractivity contribution in [2.75, 3.05) is 18.6 Å². The summed E-state index contributed by atoms with van der Waals surface area (Å²) in [4.78, 5) is 25.3. The third kappa shape index (κ3) is 2.66. The molecule has 5 nitrogen and oxygen atoms in total. The molecule has 1 atom stereocenters. The van der Waals surface area contributed by atoms with Gasteiger partial charge in [0.1, 0.15) is 18.3 Å². The number of anilines is 1. The maximum absolute atomic E-state index is 12.2. The number of carbonyl (C=O) groups excluding carboxylic acids is 2. The predicted octanol–water partition coefficient (Wildman–Crippen LogP) is 1.59. The van der Waals surface area contributed by atoms with E-state index >= 15 is 0 Å². The normalized spacial score (nSPS) is 19.3. The van der Waals surface area contributed by atoms with Gasteiger partial charge < -0.3 is 15.0 Å². The molecule has 0 bridgehead atoms. The second-order valence-corrected chi connectivity index (χ2v) is 4.68. The first-order valence-electron chi connectivity index (χ1n) is 6.01. The Kier molecular flexibility index (Phi) is 3.95. The number of piperazine rings is 1. The SMILES string of the molecule is CCC1NC(=O)CN(c2ccc(OC)c(Cl)c2)C1=O. The Balaban J connectivity index is 2.31. The van der Waals surface area contributed by atoms with E-state index in [2.05, 4.69) is 5.32 Å². The van der Waals surface area contributed by atoms with Crippen LogP contribution in [0.5, 0.6) is 5.75 Å². The highest BCUT2D eigenvalue weighted by molar-refractivity contribution is 6.32. The number of benzene rings is 1. The Bertz CT molecular complexity index is 519. The standard InChI is InChI=1S/C13H15ClN2O3/c1-3-10-13(18)16(7-12(17)15-10)8-4-5-11(19-2)9(14)6-8/h4-6,10H,3,7H2,1-2H3,(H,15,17). The number of nitrogens with zero attached hydrogens (tertiary/aromatic N) is 1. The second kappa shape index (κ2) is 5.48. The molecule has 1 heterocycles. The average Bonchev–Trinajstić information content (AvgIpc) is 2.40. The van der Waals surface area contributed by atoms with Crippen LogP contribution in [0.25, 0.3) is 0 Å². The predicted molar refractivity (Wildman–Crippen MR) is 72.6 cm³/mol. The fourth-order valence-electron chi connectivity index (χ4n) is 2.03. The number of methoxy groups -OCH3 is 1. The lowest BCUT2D eigenvalue weighted by Crippen LogP contribution is -2.58. The Labute approximate surface area is 116 Å². The summed E-state index contributed by atoms with van der Waals surface area (Å²) in [6.07, 6.45) is 0.560. The van der Waals surface area contributed by atoms with Crippen LogP contribution in [0.1, 0.15) is 13.3 Å². The van der Waals surface area contributed by atoms with Gasteiger partial charge in [0.2, 0.25) is 11.8 Å². The van der Waals surface area contributed by atoms with Gasteiger partial charge in [0.05, 0.1) is 12.1 Å². The molecule has 1 N–H and O–H groups in total. The quantitative estimate of drug-likeness (QED) is 0.916. The third-order valence-electron chi connectivity index (χ3n) is 3.06. The number of nitrogens with one attached hydrogen (secondary N) is 1. The summed E-state index contributed by atoms with van der Waals surface area (Å²) in [6.45, 7) is 1.87. The smallest absolute Gasteiger partial charge is 0.250 e. The molecule has 0 aromatic heterocycles. The fraction of sp³-hybridized carbons (Fsp3) is 0.385. The molecule has 0 aliphatic carbocycles. The van der Waals surface area contributed by atoms with Crippen LogP contribution < -0.4 is 15.0 Å². The fourth-order valence-corrected chi connectivity index (χ4v) is 2.28. The van der Waals surface area contributed by atoms with Crippen molar-refractivity contribution < 1.29 is 14.3 Å². The summed E-state index contributed by atoms with van der Waals surface area (Å²) in [5.41, 5.74) is 0.601. The van der Waals surface area contributed by atoms with Crippen molar-refractivity contribution in [3.8, 4) is 5.75 Å². The summed E-state index contributed by atoms with van der Waals surface area (Å²) in [5, 5.41) is 3.07. The highest BCUT2D eigenvalue weighted by Crippen LogP contribution is 2.30. The molecule has 102 valence electrons. The van der Waals surface area contributed by atoms with E-state index in [-0.39, 0.29) is 18.4 Å². The minimum absolute atomic E-state index is 0.0119. The molecule has 1 saturated heterocycles. The Morgan fingerprint density at radius 1 is 1.47 bits per heavy atom. The molecule has 1 aromatic carbocycles. The van der Waals surface area contributed by atoms with Crippen molar-refractivity contribution in [3.63, 3.8) is 0 Å². The van der Waals surface area contributed by atoms with Gasteiger partial charge in [0.25, 0.3) is 0 Å². The van der Waals surface area contributed by atoms with Crippen LogP contribution in [0.4, 0.5) is 5.69 Å². The lowest BCUT2D eigenvalue weighted by Gasteiger charge is -2.32. The summed E-state index contributed by atoms with van der Waals surface area (Å²) in [5.74, 6) is 0.244. The zero-order valence-electron chi connectivity index (χ0n) is 10.8. The molecule has 2 rings (SSSR count). The molecule has 1 aliphatic rings. The lowest BCUT2D eigenvalue weighted by atomic mass is 10.1. The van der Waals surface area contributed by atoms with Crippen LogP contribution in [0.2, 0.25) is 5.02 Å². The third-order valence-corrected chi connectivity index (χ3v) is 3.35. The molecule has 1 aliphatic heterocycles. The molecule has 1 aromatic rings. The van der Waals surface area contributed by atoms with Crippen LogP contribution >= 0.6 is 11.6 Å². The van der Waals surface area contributed by atoms with Gasteiger partial charge in [-0.1, -0.05) is 18.5 Å². The first-order chi connectivity index (χ1) is 9.06. The molecule has 1 unspecified atom stereocenters. The van der Waals surface area contributed by atoms with E-state index in [0.717, 1.165) is 0 Å². The lowest BCUT2D eigenvalue weighted by molar-refractivity contribution is -0.131. The number of hydrogen-bond acceptors (Lipinski definition) is 3. The van der Waals surface area contributed by atoms with E-state index < -0.39 is 6.04 Å². The van der Waals surface area contributed by atoms with E-state index in [0.29, 0.717) is 22.9 Å². The van der Waals surface area contributed by atoms with Crippen molar-refractivity contribution >= 4 is 29.1 Å². The zero-order valence-corrected chi connectivity index (χ0v) is 11.5. The number of halogens is 1. The Morgan fingerprint density at radius 3 is 2.79 bits per heavy atom. The van der Waals surface area contributed by atoms with Gasteiger partial charge in [-0.05, 0) is 24.6 Å². The number of rotatable bonds is 3. The highest BCUT2D eigenvalue weighted by Gasteiger charge is 2.32. The summed E-state index contributed by atoms with van der Waals surface area (Å²) >= 11 is 6.04. The molecule has 0 radical (unpaired) electrons. The number of hydrogen-bond donors (Lipinski definition) is 1. The van der Waals surface area contributed by atoms with Gasteiger partial charge >= 0.3 is 0 Å². The van der Waals surface area contributed by atoms with Crippen molar-refractivity contribution in [1.82, 2.24) is 5.32 Å². The second-order valence-electron chi connectivity index (χ2n) is 4.27. The highest BCUT2D eigenvalue weighted by atomic mass is 35.5. The average molecular weight is 283 g/mol. The van der Waals surface area contributed by atoms with Gasteiger partial charge in [0, 0.05) is 5.69 Å². The molecule has 6 heteroatoms.